The fourth-order valence-electron chi connectivity index (χ4n) is 1.14. The molecule has 0 heterocycles. The fourth-order valence-corrected chi connectivity index (χ4v) is 1.14. The molecule has 0 N–H and O–H groups in total. The van der Waals surface area contributed by atoms with Crippen molar-refractivity contribution in [3.05, 3.63) is 35.4 Å². The van der Waals surface area contributed by atoms with Crippen molar-refractivity contribution in [1.29, 1.82) is 0 Å². The molecule has 1 unspecified atom stereocenters. The number of hydrogen-bond acceptors (Lipinski definition) is 1. The molecule has 0 saturated carbocycles. The van der Waals surface area contributed by atoms with Gasteiger partial charge in [0.05, 0.1) is 0 Å². The van der Waals surface area contributed by atoms with Crippen molar-refractivity contribution in [2.24, 2.45) is 0 Å². The standard InChI is InChI=1S/C10H11O.Y/c1-8-5-3-4-6-10(8)9(2)7-11;/h3-6,9H,1-2H3;/q-1;. The van der Waals surface area contributed by atoms with Gasteiger partial charge >= 0.3 is 0 Å². The molecule has 1 aromatic carbocycles. The Kier molecular flexibility index (Phi) is 5.60. The molecule has 0 aromatic heterocycles. The summed E-state index contributed by atoms with van der Waals surface area (Å²) in [6.45, 7) is 3.86. The van der Waals surface area contributed by atoms with Gasteiger partial charge in [-0.25, -0.2) is 0 Å². The van der Waals surface area contributed by atoms with Crippen LogP contribution in [0.4, 0.5) is 0 Å². The Labute approximate surface area is 98.4 Å². The number of rotatable bonds is 2. The molecule has 0 aliphatic carbocycles. The molecule has 2 heteroatoms. The third-order valence-electron chi connectivity index (χ3n) is 1.83. The zero-order chi connectivity index (χ0) is 8.27. The fraction of sp³-hybridized carbons (Fsp3) is 0.300. The first-order valence-electron chi connectivity index (χ1n) is 3.69. The van der Waals surface area contributed by atoms with Crippen molar-refractivity contribution in [2.45, 2.75) is 19.8 Å². The van der Waals surface area contributed by atoms with Crippen LogP contribution < -0.4 is 0 Å². The third-order valence-corrected chi connectivity index (χ3v) is 1.83. The topological polar surface area (TPSA) is 17.1 Å². The van der Waals surface area contributed by atoms with Gasteiger partial charge in [0.2, 0.25) is 0 Å². The Morgan fingerprint density at radius 3 is 2.42 bits per heavy atom. The summed E-state index contributed by atoms with van der Waals surface area (Å²) in [5.74, 6) is -0.101. The van der Waals surface area contributed by atoms with Crippen LogP contribution in [0.15, 0.2) is 24.3 Å². The summed E-state index contributed by atoms with van der Waals surface area (Å²) in [5.41, 5.74) is 2.23. The Morgan fingerprint density at radius 2 is 1.92 bits per heavy atom. The second kappa shape index (κ2) is 5.61. The Hall–Kier alpha value is -0.00610. The van der Waals surface area contributed by atoms with Crippen molar-refractivity contribution in [2.75, 3.05) is 0 Å². The van der Waals surface area contributed by atoms with E-state index in [2.05, 4.69) is 0 Å². The van der Waals surface area contributed by atoms with Crippen LogP contribution in [0, 0.1) is 6.92 Å². The zero-order valence-corrected chi connectivity index (χ0v) is 10.2. The number of aryl methyl sites for hydroxylation is 1. The second-order valence-corrected chi connectivity index (χ2v) is 2.70. The van der Waals surface area contributed by atoms with E-state index < -0.39 is 0 Å². The molecule has 0 bridgehead atoms. The molecule has 61 valence electrons. The monoisotopic (exact) mass is 236 g/mol. The van der Waals surface area contributed by atoms with Gasteiger partial charge in [0, 0.05) is 32.7 Å². The molecule has 1 atom stereocenters. The molecule has 1 rings (SSSR count). The average molecular weight is 236 g/mol. The molecular weight excluding hydrogens is 225 g/mol. The first-order valence-corrected chi connectivity index (χ1v) is 3.69. The summed E-state index contributed by atoms with van der Waals surface area (Å²) in [5, 5.41) is 0. The molecule has 1 radical (unpaired) electrons. The maximum Gasteiger partial charge on any atom is 0 e. The molecule has 0 aliphatic rings. The number of hydrogen-bond donors (Lipinski definition) is 0. The summed E-state index contributed by atoms with van der Waals surface area (Å²) in [6, 6.07) is 7.88. The molecular formula is C10H11OY-. The van der Waals surface area contributed by atoms with Crippen LogP contribution in [0.2, 0.25) is 0 Å². The van der Waals surface area contributed by atoms with Crippen LogP contribution in [-0.2, 0) is 37.5 Å². The average Bonchev–Trinajstić information content (AvgIpc) is 2.04. The van der Waals surface area contributed by atoms with Crippen LogP contribution in [0.3, 0.4) is 0 Å². The minimum atomic E-state index is -0.101. The molecule has 0 amide bonds. The van der Waals surface area contributed by atoms with Gasteiger partial charge in [-0.3, -0.25) is 6.29 Å². The van der Waals surface area contributed by atoms with Crippen LogP contribution in [-0.4, -0.2) is 6.29 Å². The molecule has 0 saturated heterocycles. The minimum absolute atomic E-state index is 0. The van der Waals surface area contributed by atoms with Gasteiger partial charge < -0.3 is 4.79 Å². The van der Waals surface area contributed by atoms with E-state index in [1.165, 1.54) is 0 Å². The zero-order valence-electron chi connectivity index (χ0n) is 7.37. The molecule has 12 heavy (non-hydrogen) atoms. The van der Waals surface area contributed by atoms with Crippen LogP contribution in [0.25, 0.3) is 0 Å². The maximum absolute atomic E-state index is 10.3. The molecule has 1 aromatic rings. The number of benzene rings is 1. The Morgan fingerprint density at radius 1 is 1.33 bits per heavy atom. The van der Waals surface area contributed by atoms with E-state index in [1.807, 2.05) is 44.4 Å². The molecule has 0 fully saturated rings. The van der Waals surface area contributed by atoms with E-state index >= 15 is 0 Å². The summed E-state index contributed by atoms with van der Waals surface area (Å²) in [6.07, 6.45) is 1.97. The third kappa shape index (κ3) is 2.80. The largest absolute Gasteiger partial charge is 0.541 e. The van der Waals surface area contributed by atoms with Crippen LogP contribution in [0.1, 0.15) is 24.0 Å². The predicted octanol–water partition coefficient (Wildman–Crippen LogP) is 2.21. The Bertz CT molecular complexity index is 258. The van der Waals surface area contributed by atoms with Crippen molar-refractivity contribution >= 4 is 6.29 Å². The summed E-state index contributed by atoms with van der Waals surface area (Å²) in [7, 11) is 0. The number of carbonyl (C=O) groups excluding carboxylic acids is 1. The predicted molar refractivity (Wildman–Crippen MR) is 45.3 cm³/mol. The van der Waals surface area contributed by atoms with E-state index in [1.54, 1.807) is 0 Å². The van der Waals surface area contributed by atoms with Gasteiger partial charge in [-0.05, 0) is 6.92 Å². The van der Waals surface area contributed by atoms with Crippen molar-refractivity contribution in [1.82, 2.24) is 0 Å². The van der Waals surface area contributed by atoms with Gasteiger partial charge in [0.1, 0.15) is 0 Å². The van der Waals surface area contributed by atoms with E-state index in [9.17, 15) is 4.79 Å². The van der Waals surface area contributed by atoms with Gasteiger partial charge in [-0.1, -0.05) is 42.3 Å². The summed E-state index contributed by atoms with van der Waals surface area (Å²) < 4.78 is 0. The summed E-state index contributed by atoms with van der Waals surface area (Å²) >= 11 is 0. The summed E-state index contributed by atoms with van der Waals surface area (Å²) in [4.78, 5) is 10.3. The first-order chi connectivity index (χ1) is 5.25. The van der Waals surface area contributed by atoms with E-state index in [0.717, 1.165) is 11.1 Å². The van der Waals surface area contributed by atoms with Gasteiger partial charge in [0.15, 0.2) is 0 Å². The van der Waals surface area contributed by atoms with Crippen LogP contribution >= 0.6 is 0 Å². The Balaban J connectivity index is 0.00000121. The van der Waals surface area contributed by atoms with Crippen LogP contribution in [0.5, 0.6) is 0 Å². The van der Waals surface area contributed by atoms with Crippen molar-refractivity contribution in [3.63, 3.8) is 0 Å². The van der Waals surface area contributed by atoms with E-state index in [4.69, 9.17) is 0 Å². The van der Waals surface area contributed by atoms with Crippen molar-refractivity contribution < 1.29 is 37.5 Å². The normalized spacial score (nSPS) is 11.5. The van der Waals surface area contributed by atoms with E-state index in [0.29, 0.717) is 0 Å². The molecule has 1 nitrogen and oxygen atoms in total. The second-order valence-electron chi connectivity index (χ2n) is 2.70. The first kappa shape index (κ1) is 12.0. The SMILES string of the molecule is Cc1ccccc1C(C)[C-]=O.[Y]. The maximum atomic E-state index is 10.3. The van der Waals surface area contributed by atoms with Gasteiger partial charge in [-0.2, -0.15) is 0 Å². The molecule has 0 spiro atoms. The van der Waals surface area contributed by atoms with Gasteiger partial charge in [0.25, 0.3) is 0 Å². The van der Waals surface area contributed by atoms with Crippen molar-refractivity contribution in [3.8, 4) is 0 Å². The minimum Gasteiger partial charge on any atom is -0.541 e. The smallest absolute Gasteiger partial charge is 0 e. The van der Waals surface area contributed by atoms with E-state index in [-0.39, 0.29) is 38.6 Å². The molecule has 0 aliphatic heterocycles. The quantitative estimate of drug-likeness (QED) is 0.719. The van der Waals surface area contributed by atoms with Gasteiger partial charge in [-0.15, -0.1) is 5.92 Å².